The quantitative estimate of drug-likeness (QED) is 0.642. The summed E-state index contributed by atoms with van der Waals surface area (Å²) in [5, 5.41) is 8.89. The number of hydrogen-bond donors (Lipinski definition) is 1. The van der Waals surface area contributed by atoms with Crippen LogP contribution in [0.2, 0.25) is 0 Å². The topological polar surface area (TPSA) is 60.9 Å². The van der Waals surface area contributed by atoms with Crippen LogP contribution in [0.25, 0.3) is 0 Å². The largest absolute Gasteiger partial charge is 0.395 e. The van der Waals surface area contributed by atoms with Crippen LogP contribution in [0.15, 0.2) is 0 Å². The highest BCUT2D eigenvalue weighted by atomic mass is 16.3. The highest BCUT2D eigenvalue weighted by molar-refractivity contribution is 6.01. The second kappa shape index (κ2) is 5.96. The first kappa shape index (κ1) is 13.1. The number of amides is 2. The molecule has 1 fully saturated rings. The number of carbonyl (C=O) groups excluding carboxylic acids is 2. The summed E-state index contributed by atoms with van der Waals surface area (Å²) < 4.78 is 0. The van der Waals surface area contributed by atoms with Gasteiger partial charge >= 0.3 is 0 Å². The molecule has 0 bridgehead atoms. The van der Waals surface area contributed by atoms with E-state index in [2.05, 4.69) is 4.90 Å². The predicted molar refractivity (Wildman–Crippen MR) is 59.7 cm³/mol. The van der Waals surface area contributed by atoms with E-state index in [0.717, 1.165) is 0 Å². The van der Waals surface area contributed by atoms with Crippen molar-refractivity contribution in [3.05, 3.63) is 0 Å². The summed E-state index contributed by atoms with van der Waals surface area (Å²) in [5.41, 5.74) is 0. The monoisotopic (exact) mass is 228 g/mol. The fraction of sp³-hybridized carbons (Fsp3) is 0.818. The van der Waals surface area contributed by atoms with Gasteiger partial charge in [0.15, 0.2) is 0 Å². The number of hydrogen-bond acceptors (Lipinski definition) is 4. The lowest BCUT2D eigenvalue weighted by Crippen LogP contribution is -2.41. The molecule has 16 heavy (non-hydrogen) atoms. The summed E-state index contributed by atoms with van der Waals surface area (Å²) in [7, 11) is 0. The number of aliphatic hydroxyl groups is 1. The SMILES string of the molecule is CC(C)N(CCO)CCN1C(=O)CCC1=O. The van der Waals surface area contributed by atoms with E-state index in [9.17, 15) is 9.59 Å². The van der Waals surface area contributed by atoms with Gasteiger partial charge in [-0.25, -0.2) is 0 Å². The van der Waals surface area contributed by atoms with Crippen molar-refractivity contribution in [3.63, 3.8) is 0 Å². The van der Waals surface area contributed by atoms with Gasteiger partial charge in [0.05, 0.1) is 6.61 Å². The minimum Gasteiger partial charge on any atom is -0.395 e. The van der Waals surface area contributed by atoms with Gasteiger partial charge in [-0.2, -0.15) is 0 Å². The van der Waals surface area contributed by atoms with Gasteiger partial charge in [-0.05, 0) is 13.8 Å². The first-order valence-corrected chi connectivity index (χ1v) is 5.74. The van der Waals surface area contributed by atoms with Gasteiger partial charge in [-0.1, -0.05) is 0 Å². The Morgan fingerprint density at radius 2 is 1.81 bits per heavy atom. The van der Waals surface area contributed by atoms with Crippen molar-refractivity contribution in [2.45, 2.75) is 32.7 Å². The highest BCUT2D eigenvalue weighted by Crippen LogP contribution is 2.11. The average molecular weight is 228 g/mol. The third-order valence-electron chi connectivity index (χ3n) is 2.88. The number of aliphatic hydroxyl groups excluding tert-OH is 1. The van der Waals surface area contributed by atoms with Crippen LogP contribution in [0, 0.1) is 0 Å². The van der Waals surface area contributed by atoms with Crippen LogP contribution in [0.5, 0.6) is 0 Å². The fourth-order valence-corrected chi connectivity index (χ4v) is 1.86. The molecular weight excluding hydrogens is 208 g/mol. The molecule has 0 spiro atoms. The molecule has 0 aromatic rings. The van der Waals surface area contributed by atoms with Gasteiger partial charge in [0.25, 0.3) is 0 Å². The number of rotatable bonds is 6. The molecule has 0 radical (unpaired) electrons. The summed E-state index contributed by atoms with van der Waals surface area (Å²) in [5.74, 6) is -0.143. The Labute approximate surface area is 96.0 Å². The van der Waals surface area contributed by atoms with Crippen LogP contribution in [0.1, 0.15) is 26.7 Å². The number of imide groups is 1. The lowest BCUT2D eigenvalue weighted by Gasteiger charge is -2.27. The smallest absolute Gasteiger partial charge is 0.229 e. The molecule has 0 atom stereocenters. The van der Waals surface area contributed by atoms with Crippen LogP contribution >= 0.6 is 0 Å². The molecule has 5 nitrogen and oxygen atoms in total. The zero-order valence-corrected chi connectivity index (χ0v) is 9.98. The highest BCUT2D eigenvalue weighted by Gasteiger charge is 2.28. The van der Waals surface area contributed by atoms with Gasteiger partial charge < -0.3 is 5.11 Å². The second-order valence-corrected chi connectivity index (χ2v) is 4.29. The number of likely N-dealkylation sites (tertiary alicyclic amines) is 1. The maximum atomic E-state index is 11.4. The molecule has 92 valence electrons. The summed E-state index contributed by atoms with van der Waals surface area (Å²) in [6.07, 6.45) is 0.695. The predicted octanol–water partition coefficient (Wildman–Crippen LogP) is -0.162. The summed E-state index contributed by atoms with van der Waals surface area (Å²) in [4.78, 5) is 26.1. The van der Waals surface area contributed by atoms with Gasteiger partial charge in [-0.15, -0.1) is 0 Å². The molecule has 1 rings (SSSR count). The molecule has 1 heterocycles. The van der Waals surface area contributed by atoms with Crippen molar-refractivity contribution >= 4 is 11.8 Å². The van der Waals surface area contributed by atoms with Gasteiger partial charge in [-0.3, -0.25) is 19.4 Å². The molecule has 1 aliphatic heterocycles. The molecule has 1 saturated heterocycles. The maximum absolute atomic E-state index is 11.4. The Kier molecular flexibility index (Phi) is 4.89. The van der Waals surface area contributed by atoms with E-state index in [1.807, 2.05) is 13.8 Å². The normalized spacial score (nSPS) is 16.9. The molecule has 1 aliphatic rings. The summed E-state index contributed by atoms with van der Waals surface area (Å²) in [6.45, 7) is 5.81. The van der Waals surface area contributed by atoms with Crippen molar-refractivity contribution in [1.82, 2.24) is 9.80 Å². The molecule has 0 aliphatic carbocycles. The van der Waals surface area contributed by atoms with E-state index < -0.39 is 0 Å². The van der Waals surface area contributed by atoms with E-state index in [1.54, 1.807) is 0 Å². The molecule has 0 aromatic heterocycles. The van der Waals surface area contributed by atoms with Gasteiger partial charge in [0.2, 0.25) is 11.8 Å². The lowest BCUT2D eigenvalue weighted by atomic mass is 10.3. The maximum Gasteiger partial charge on any atom is 0.229 e. The average Bonchev–Trinajstić information content (AvgIpc) is 2.54. The Morgan fingerprint density at radius 3 is 2.25 bits per heavy atom. The van der Waals surface area contributed by atoms with E-state index in [-0.39, 0.29) is 18.4 Å². The minimum absolute atomic E-state index is 0.0716. The second-order valence-electron chi connectivity index (χ2n) is 4.29. The third kappa shape index (κ3) is 3.28. The summed E-state index contributed by atoms with van der Waals surface area (Å²) in [6, 6.07) is 0.306. The van der Waals surface area contributed by atoms with Crippen LogP contribution in [0.4, 0.5) is 0 Å². The van der Waals surface area contributed by atoms with Crippen molar-refractivity contribution in [3.8, 4) is 0 Å². The molecule has 0 unspecified atom stereocenters. The molecule has 2 amide bonds. The van der Waals surface area contributed by atoms with Crippen molar-refractivity contribution in [2.24, 2.45) is 0 Å². The van der Waals surface area contributed by atoms with Crippen LogP contribution in [0.3, 0.4) is 0 Å². The van der Waals surface area contributed by atoms with Crippen LogP contribution in [-0.2, 0) is 9.59 Å². The molecular formula is C11H20N2O3. The lowest BCUT2D eigenvalue weighted by molar-refractivity contribution is -0.138. The molecule has 5 heteroatoms. The third-order valence-corrected chi connectivity index (χ3v) is 2.88. The van der Waals surface area contributed by atoms with E-state index in [1.165, 1.54) is 4.90 Å². The Morgan fingerprint density at radius 1 is 1.25 bits per heavy atom. The fourth-order valence-electron chi connectivity index (χ4n) is 1.86. The number of carbonyl (C=O) groups is 2. The zero-order chi connectivity index (χ0) is 12.1. The summed E-state index contributed by atoms with van der Waals surface area (Å²) >= 11 is 0. The van der Waals surface area contributed by atoms with Crippen LogP contribution < -0.4 is 0 Å². The molecule has 0 saturated carbocycles. The number of nitrogens with zero attached hydrogens (tertiary/aromatic N) is 2. The van der Waals surface area contributed by atoms with Crippen molar-refractivity contribution < 1.29 is 14.7 Å². The van der Waals surface area contributed by atoms with Gasteiger partial charge in [0, 0.05) is 38.5 Å². The molecule has 0 aromatic carbocycles. The Hall–Kier alpha value is -0.940. The Bertz CT molecular complexity index is 250. The Balaban J connectivity index is 2.42. The first-order chi connectivity index (χ1) is 7.56. The van der Waals surface area contributed by atoms with Gasteiger partial charge in [0.1, 0.15) is 0 Å². The zero-order valence-electron chi connectivity index (χ0n) is 9.98. The first-order valence-electron chi connectivity index (χ1n) is 5.74. The minimum atomic E-state index is -0.0716. The van der Waals surface area contributed by atoms with Crippen LogP contribution in [-0.4, -0.2) is 59.0 Å². The van der Waals surface area contributed by atoms with E-state index in [4.69, 9.17) is 5.11 Å². The van der Waals surface area contributed by atoms with Crippen molar-refractivity contribution in [1.29, 1.82) is 0 Å². The van der Waals surface area contributed by atoms with Crippen molar-refractivity contribution in [2.75, 3.05) is 26.2 Å². The van der Waals surface area contributed by atoms with E-state index >= 15 is 0 Å². The molecule has 1 N–H and O–H groups in total. The standard InChI is InChI=1S/C11H20N2O3/c1-9(2)12(7-8-14)5-6-13-10(15)3-4-11(13)16/h9,14H,3-8H2,1-2H3. The van der Waals surface area contributed by atoms with E-state index in [0.29, 0.717) is 38.5 Å².